The predicted octanol–water partition coefficient (Wildman–Crippen LogP) is 2.85. The van der Waals surface area contributed by atoms with Crippen LogP contribution in [0.4, 0.5) is 5.82 Å². The summed E-state index contributed by atoms with van der Waals surface area (Å²) in [4.78, 5) is 11.4. The van der Waals surface area contributed by atoms with Crippen molar-refractivity contribution in [1.82, 2.24) is 9.97 Å². The maximum atomic E-state index is 4.64. The van der Waals surface area contributed by atoms with Crippen LogP contribution in [0.15, 0.2) is 6.20 Å². The number of aryl methyl sites for hydroxylation is 2. The maximum Gasteiger partial charge on any atom is 0.147 e. The minimum atomic E-state index is 0.675. The Morgan fingerprint density at radius 2 is 2.12 bits per heavy atom. The molecule has 3 nitrogen and oxygen atoms in total. The van der Waals surface area contributed by atoms with Crippen LogP contribution in [0.1, 0.15) is 30.7 Å². The highest BCUT2D eigenvalue weighted by molar-refractivity contribution is 9.09. The minimum absolute atomic E-state index is 0.675. The molecule has 0 bridgehead atoms. The van der Waals surface area contributed by atoms with Crippen molar-refractivity contribution < 1.29 is 0 Å². The third kappa shape index (κ3) is 2.37. The van der Waals surface area contributed by atoms with E-state index in [0.717, 1.165) is 29.1 Å². The molecule has 0 N–H and O–H groups in total. The van der Waals surface area contributed by atoms with Crippen molar-refractivity contribution in [2.75, 3.05) is 16.8 Å². The van der Waals surface area contributed by atoms with Crippen LogP contribution >= 0.6 is 15.9 Å². The summed E-state index contributed by atoms with van der Waals surface area (Å²) in [6.07, 6.45) is 5.84. The van der Waals surface area contributed by atoms with E-state index in [1.54, 1.807) is 0 Å². The van der Waals surface area contributed by atoms with E-state index in [1.807, 2.05) is 20.0 Å². The van der Waals surface area contributed by atoms with Gasteiger partial charge in [0, 0.05) is 17.9 Å². The number of alkyl halides is 1. The molecule has 1 aliphatic rings. The van der Waals surface area contributed by atoms with E-state index in [1.165, 1.54) is 19.3 Å². The molecule has 0 spiro atoms. The fourth-order valence-corrected chi connectivity index (χ4v) is 2.32. The Hall–Kier alpha value is -0.640. The van der Waals surface area contributed by atoms with E-state index in [-0.39, 0.29) is 0 Å². The maximum absolute atomic E-state index is 4.64. The molecule has 1 aliphatic carbocycles. The second-order valence-electron chi connectivity index (χ2n) is 4.37. The van der Waals surface area contributed by atoms with Crippen molar-refractivity contribution in [3.8, 4) is 0 Å². The van der Waals surface area contributed by atoms with Gasteiger partial charge in [-0.1, -0.05) is 15.9 Å². The van der Waals surface area contributed by atoms with Gasteiger partial charge in [-0.2, -0.15) is 0 Å². The van der Waals surface area contributed by atoms with Crippen LogP contribution in [0, 0.1) is 13.8 Å². The summed E-state index contributed by atoms with van der Waals surface area (Å²) in [6.45, 7) is 5.05. The largest absolute Gasteiger partial charge is 0.352 e. The summed E-state index contributed by atoms with van der Waals surface area (Å²) < 4.78 is 0. The van der Waals surface area contributed by atoms with E-state index < -0.39 is 0 Å². The van der Waals surface area contributed by atoms with Crippen molar-refractivity contribution in [3.63, 3.8) is 0 Å². The summed E-state index contributed by atoms with van der Waals surface area (Å²) in [7, 11) is 0. The number of anilines is 1. The van der Waals surface area contributed by atoms with Gasteiger partial charge in [0.1, 0.15) is 5.82 Å². The summed E-state index contributed by atoms with van der Waals surface area (Å²) in [5.41, 5.74) is 2.06. The van der Waals surface area contributed by atoms with Gasteiger partial charge in [-0.3, -0.25) is 4.98 Å². The topological polar surface area (TPSA) is 29.0 Å². The molecule has 0 radical (unpaired) electrons. The predicted molar refractivity (Wildman–Crippen MR) is 70.3 cm³/mol. The van der Waals surface area contributed by atoms with Crippen LogP contribution in [0.3, 0.4) is 0 Å². The Bertz CT molecular complexity index is 363. The van der Waals surface area contributed by atoms with Gasteiger partial charge in [-0.05, 0) is 33.1 Å². The van der Waals surface area contributed by atoms with E-state index in [4.69, 9.17) is 0 Å². The van der Waals surface area contributed by atoms with Gasteiger partial charge in [-0.25, -0.2) is 4.98 Å². The standard InChI is InChI=1S/C12H18BrN3/c1-9-10(2)15-12(8-14-9)16(7-6-13)11-4-3-5-11/h8,11H,3-7H2,1-2H3. The van der Waals surface area contributed by atoms with E-state index >= 15 is 0 Å². The second kappa shape index (κ2) is 5.13. The Kier molecular flexibility index (Phi) is 3.79. The third-order valence-corrected chi connectivity index (χ3v) is 3.67. The first-order valence-electron chi connectivity index (χ1n) is 5.85. The summed E-state index contributed by atoms with van der Waals surface area (Å²) in [6, 6.07) is 0.675. The van der Waals surface area contributed by atoms with Crippen molar-refractivity contribution in [1.29, 1.82) is 0 Å². The lowest BCUT2D eigenvalue weighted by Gasteiger charge is -2.38. The van der Waals surface area contributed by atoms with Crippen molar-refractivity contribution in [3.05, 3.63) is 17.6 Å². The lowest BCUT2D eigenvalue weighted by Crippen LogP contribution is -2.42. The lowest BCUT2D eigenvalue weighted by atomic mass is 9.91. The van der Waals surface area contributed by atoms with Crippen LogP contribution in [-0.2, 0) is 0 Å². The fourth-order valence-electron chi connectivity index (χ4n) is 1.94. The molecule has 16 heavy (non-hydrogen) atoms. The van der Waals surface area contributed by atoms with Gasteiger partial charge in [0.15, 0.2) is 0 Å². The minimum Gasteiger partial charge on any atom is -0.352 e. The molecule has 1 aromatic heterocycles. The summed E-state index contributed by atoms with van der Waals surface area (Å²) >= 11 is 3.51. The molecule has 1 saturated carbocycles. The molecule has 0 aromatic carbocycles. The average Bonchev–Trinajstić information content (AvgIpc) is 2.19. The molecule has 88 valence electrons. The monoisotopic (exact) mass is 283 g/mol. The van der Waals surface area contributed by atoms with E-state index in [2.05, 4.69) is 30.8 Å². The number of aromatic nitrogens is 2. The van der Waals surface area contributed by atoms with Gasteiger partial charge >= 0.3 is 0 Å². The zero-order valence-corrected chi connectivity index (χ0v) is 11.5. The quantitative estimate of drug-likeness (QED) is 0.796. The van der Waals surface area contributed by atoms with Gasteiger partial charge < -0.3 is 4.90 Å². The van der Waals surface area contributed by atoms with Gasteiger partial charge in [-0.15, -0.1) is 0 Å². The van der Waals surface area contributed by atoms with Crippen molar-refractivity contribution >= 4 is 21.7 Å². The highest BCUT2D eigenvalue weighted by Crippen LogP contribution is 2.28. The Morgan fingerprint density at radius 3 is 2.62 bits per heavy atom. The normalized spacial score (nSPS) is 15.9. The zero-order valence-electron chi connectivity index (χ0n) is 9.91. The molecule has 1 aromatic rings. The number of halogens is 1. The Morgan fingerprint density at radius 1 is 1.38 bits per heavy atom. The molecule has 1 heterocycles. The fraction of sp³-hybridized carbons (Fsp3) is 0.667. The number of hydrogen-bond acceptors (Lipinski definition) is 3. The highest BCUT2D eigenvalue weighted by atomic mass is 79.9. The molecule has 2 rings (SSSR count). The van der Waals surface area contributed by atoms with Crippen molar-refractivity contribution in [2.45, 2.75) is 39.2 Å². The van der Waals surface area contributed by atoms with Gasteiger partial charge in [0.05, 0.1) is 17.6 Å². The van der Waals surface area contributed by atoms with Gasteiger partial charge in [0.25, 0.3) is 0 Å². The van der Waals surface area contributed by atoms with Crippen LogP contribution < -0.4 is 4.90 Å². The summed E-state index contributed by atoms with van der Waals surface area (Å²) in [5.74, 6) is 1.03. The number of hydrogen-bond donors (Lipinski definition) is 0. The average molecular weight is 284 g/mol. The first kappa shape index (κ1) is 11.8. The molecule has 0 unspecified atom stereocenters. The molecule has 4 heteroatoms. The lowest BCUT2D eigenvalue weighted by molar-refractivity contribution is 0.388. The molecule has 0 aliphatic heterocycles. The molecule has 0 saturated heterocycles. The molecular formula is C12H18BrN3. The summed E-state index contributed by atoms with van der Waals surface area (Å²) in [5, 5.41) is 0.984. The first-order valence-corrected chi connectivity index (χ1v) is 6.97. The zero-order chi connectivity index (χ0) is 11.5. The molecule has 1 fully saturated rings. The SMILES string of the molecule is Cc1ncc(N(CCBr)C2CCC2)nc1C. The first-order chi connectivity index (χ1) is 7.72. The van der Waals surface area contributed by atoms with Crippen LogP contribution in [0.2, 0.25) is 0 Å². The second-order valence-corrected chi connectivity index (χ2v) is 5.16. The van der Waals surface area contributed by atoms with Crippen LogP contribution in [0.5, 0.6) is 0 Å². The Balaban J connectivity index is 2.20. The van der Waals surface area contributed by atoms with E-state index in [9.17, 15) is 0 Å². The molecular weight excluding hydrogens is 266 g/mol. The molecule has 0 atom stereocenters. The van der Waals surface area contributed by atoms with Crippen molar-refractivity contribution in [2.24, 2.45) is 0 Å². The van der Waals surface area contributed by atoms with Crippen LogP contribution in [0.25, 0.3) is 0 Å². The third-order valence-electron chi connectivity index (χ3n) is 3.31. The number of nitrogens with zero attached hydrogens (tertiary/aromatic N) is 3. The van der Waals surface area contributed by atoms with Crippen LogP contribution in [-0.4, -0.2) is 27.9 Å². The molecule has 0 amide bonds. The van der Waals surface area contributed by atoms with Gasteiger partial charge in [0.2, 0.25) is 0 Å². The number of rotatable bonds is 4. The Labute approximate surface area is 105 Å². The van der Waals surface area contributed by atoms with E-state index in [0.29, 0.717) is 6.04 Å². The highest BCUT2D eigenvalue weighted by Gasteiger charge is 2.25. The smallest absolute Gasteiger partial charge is 0.147 e.